The molecule has 3 nitrogen and oxygen atoms in total. The van der Waals surface area contributed by atoms with Gasteiger partial charge in [0, 0.05) is 23.6 Å². The maximum atomic E-state index is 12.5. The summed E-state index contributed by atoms with van der Waals surface area (Å²) in [5.41, 5.74) is 0.702. The van der Waals surface area contributed by atoms with E-state index in [9.17, 15) is 4.79 Å². The largest absolute Gasteiger partial charge is 0.493 e. The molecule has 1 saturated heterocycles. The first-order chi connectivity index (χ1) is 9.60. The van der Waals surface area contributed by atoms with Crippen LogP contribution in [0.15, 0.2) is 24.3 Å². The molecule has 4 heteroatoms. The quantitative estimate of drug-likeness (QED) is 0.780. The topological polar surface area (TPSA) is 29.5 Å². The molecule has 0 radical (unpaired) electrons. The Morgan fingerprint density at radius 1 is 1.30 bits per heavy atom. The molecule has 1 aromatic carbocycles. The molecular formula is C16H23NO2S. The molecule has 0 saturated carbocycles. The number of Topliss-reactive ketones (excluding diaryl/α,β-unsaturated/α-hetero) is 1. The van der Waals surface area contributed by atoms with Gasteiger partial charge in [0.15, 0.2) is 5.78 Å². The van der Waals surface area contributed by atoms with Crippen molar-refractivity contribution in [3.8, 4) is 5.75 Å². The van der Waals surface area contributed by atoms with Crippen molar-refractivity contribution < 1.29 is 9.53 Å². The summed E-state index contributed by atoms with van der Waals surface area (Å²) in [5, 5.41) is 1.18. The number of hydrogen-bond donors (Lipinski definition) is 0. The van der Waals surface area contributed by atoms with Gasteiger partial charge in [-0.15, -0.1) is 0 Å². The number of carbonyl (C=O) groups excluding carboxylic acids is 1. The van der Waals surface area contributed by atoms with Crippen LogP contribution in [0.25, 0.3) is 0 Å². The van der Waals surface area contributed by atoms with Crippen molar-refractivity contribution in [3.63, 3.8) is 0 Å². The molecule has 0 aromatic heterocycles. The lowest BCUT2D eigenvalue weighted by molar-refractivity contribution is 0.0926. The fraction of sp³-hybridized carbons (Fsp3) is 0.562. The fourth-order valence-corrected chi connectivity index (χ4v) is 4.07. The standard InChI is InChI=1S/C16H23NO2S/c1-4-19-16-8-6-5-7-14(16)15(18)11-17-9-12(2)20-13(3)10-17/h5-8,12-13H,4,9-11H2,1-3H3. The van der Waals surface area contributed by atoms with E-state index in [0.29, 0.717) is 35.0 Å². The summed E-state index contributed by atoms with van der Waals surface area (Å²) >= 11 is 2.00. The van der Waals surface area contributed by atoms with Gasteiger partial charge in [-0.05, 0) is 19.1 Å². The van der Waals surface area contributed by atoms with E-state index in [4.69, 9.17) is 4.74 Å². The van der Waals surface area contributed by atoms with Crippen molar-refractivity contribution in [2.45, 2.75) is 31.3 Å². The number of ether oxygens (including phenoxy) is 1. The molecule has 110 valence electrons. The third-order valence-corrected chi connectivity index (χ3v) is 4.58. The predicted octanol–water partition coefficient (Wildman–Crippen LogP) is 3.09. The Kier molecular flexibility index (Phi) is 5.49. The lowest BCUT2D eigenvalue weighted by Crippen LogP contribution is -2.43. The molecule has 1 fully saturated rings. The highest BCUT2D eigenvalue weighted by molar-refractivity contribution is 8.00. The van der Waals surface area contributed by atoms with E-state index < -0.39 is 0 Å². The van der Waals surface area contributed by atoms with Gasteiger partial charge < -0.3 is 4.74 Å². The molecule has 2 unspecified atom stereocenters. The Labute approximate surface area is 125 Å². The summed E-state index contributed by atoms with van der Waals surface area (Å²) in [4.78, 5) is 14.8. The van der Waals surface area contributed by atoms with Gasteiger partial charge in [0.05, 0.1) is 18.7 Å². The van der Waals surface area contributed by atoms with Crippen LogP contribution in [0, 0.1) is 0 Å². The number of carbonyl (C=O) groups is 1. The van der Waals surface area contributed by atoms with E-state index in [1.54, 1.807) is 0 Å². The average Bonchev–Trinajstić information content (AvgIpc) is 2.38. The normalized spacial score (nSPS) is 23.6. The maximum absolute atomic E-state index is 12.5. The number of nitrogens with zero attached hydrogens (tertiary/aromatic N) is 1. The van der Waals surface area contributed by atoms with Gasteiger partial charge in [-0.3, -0.25) is 9.69 Å². The van der Waals surface area contributed by atoms with Crippen molar-refractivity contribution in [2.24, 2.45) is 0 Å². The van der Waals surface area contributed by atoms with Crippen LogP contribution in [0.4, 0.5) is 0 Å². The van der Waals surface area contributed by atoms with Crippen LogP contribution >= 0.6 is 11.8 Å². The summed E-state index contributed by atoms with van der Waals surface area (Å²) in [6.07, 6.45) is 0. The molecule has 2 rings (SSSR count). The predicted molar refractivity (Wildman–Crippen MR) is 84.9 cm³/mol. The van der Waals surface area contributed by atoms with Gasteiger partial charge in [-0.1, -0.05) is 26.0 Å². The van der Waals surface area contributed by atoms with E-state index in [2.05, 4.69) is 18.7 Å². The second-order valence-electron chi connectivity index (χ2n) is 5.30. The number of para-hydroxylation sites is 1. The summed E-state index contributed by atoms with van der Waals surface area (Å²) in [7, 11) is 0. The minimum atomic E-state index is 0.153. The highest BCUT2D eigenvalue weighted by Gasteiger charge is 2.24. The Morgan fingerprint density at radius 3 is 2.60 bits per heavy atom. The van der Waals surface area contributed by atoms with Crippen molar-refractivity contribution in [1.29, 1.82) is 0 Å². The minimum absolute atomic E-state index is 0.153. The monoisotopic (exact) mass is 293 g/mol. The maximum Gasteiger partial charge on any atom is 0.180 e. The average molecular weight is 293 g/mol. The van der Waals surface area contributed by atoms with Crippen LogP contribution in [0.3, 0.4) is 0 Å². The molecule has 1 aliphatic rings. The zero-order valence-corrected chi connectivity index (χ0v) is 13.3. The molecule has 1 aliphatic heterocycles. The van der Waals surface area contributed by atoms with Gasteiger partial charge in [-0.2, -0.15) is 11.8 Å². The summed E-state index contributed by atoms with van der Waals surface area (Å²) < 4.78 is 5.55. The van der Waals surface area contributed by atoms with Crippen molar-refractivity contribution in [1.82, 2.24) is 4.90 Å². The number of hydrogen-bond acceptors (Lipinski definition) is 4. The number of rotatable bonds is 5. The minimum Gasteiger partial charge on any atom is -0.493 e. The Morgan fingerprint density at radius 2 is 1.95 bits per heavy atom. The number of benzene rings is 1. The van der Waals surface area contributed by atoms with Crippen molar-refractivity contribution in [2.75, 3.05) is 26.2 Å². The summed E-state index contributed by atoms with van der Waals surface area (Å²) in [6, 6.07) is 7.53. The molecule has 0 spiro atoms. The van der Waals surface area contributed by atoms with Gasteiger partial charge >= 0.3 is 0 Å². The fourth-order valence-electron chi connectivity index (χ4n) is 2.68. The first-order valence-electron chi connectivity index (χ1n) is 7.23. The Bertz CT molecular complexity index is 454. The van der Waals surface area contributed by atoms with Gasteiger partial charge in [0.1, 0.15) is 5.75 Å². The van der Waals surface area contributed by atoms with E-state index in [-0.39, 0.29) is 5.78 Å². The van der Waals surface area contributed by atoms with Crippen LogP contribution < -0.4 is 4.74 Å². The first-order valence-corrected chi connectivity index (χ1v) is 8.17. The van der Waals surface area contributed by atoms with Gasteiger partial charge in [-0.25, -0.2) is 0 Å². The molecule has 0 amide bonds. The first kappa shape index (κ1) is 15.4. The molecule has 1 aromatic rings. The zero-order chi connectivity index (χ0) is 14.5. The molecule has 1 heterocycles. The number of ketones is 1. The highest BCUT2D eigenvalue weighted by Crippen LogP contribution is 2.25. The third kappa shape index (κ3) is 4.00. The van der Waals surface area contributed by atoms with Crippen molar-refractivity contribution in [3.05, 3.63) is 29.8 Å². The van der Waals surface area contributed by atoms with Gasteiger partial charge in [0.25, 0.3) is 0 Å². The molecule has 0 bridgehead atoms. The zero-order valence-electron chi connectivity index (χ0n) is 12.5. The number of thioether (sulfide) groups is 1. The molecule has 0 N–H and O–H groups in total. The lowest BCUT2D eigenvalue weighted by atomic mass is 10.1. The van der Waals surface area contributed by atoms with E-state index in [1.165, 1.54) is 0 Å². The Hall–Kier alpha value is -1.00. The van der Waals surface area contributed by atoms with Crippen LogP contribution in [0.1, 0.15) is 31.1 Å². The van der Waals surface area contributed by atoms with Crippen molar-refractivity contribution >= 4 is 17.5 Å². The van der Waals surface area contributed by atoms with E-state index >= 15 is 0 Å². The van der Waals surface area contributed by atoms with E-state index in [0.717, 1.165) is 13.1 Å². The Balaban J connectivity index is 2.04. The third-order valence-electron chi connectivity index (χ3n) is 3.35. The van der Waals surface area contributed by atoms with Crippen LogP contribution in [0.2, 0.25) is 0 Å². The molecule has 2 atom stereocenters. The van der Waals surface area contributed by atoms with Crippen LogP contribution in [-0.2, 0) is 0 Å². The highest BCUT2D eigenvalue weighted by atomic mass is 32.2. The SMILES string of the molecule is CCOc1ccccc1C(=O)CN1CC(C)SC(C)C1. The molecular weight excluding hydrogens is 270 g/mol. The van der Waals surface area contributed by atoms with Gasteiger partial charge in [0.2, 0.25) is 0 Å². The summed E-state index contributed by atoms with van der Waals surface area (Å²) in [6.45, 7) is 9.43. The van der Waals surface area contributed by atoms with Crippen LogP contribution in [-0.4, -0.2) is 47.4 Å². The smallest absolute Gasteiger partial charge is 0.180 e. The summed E-state index contributed by atoms with van der Waals surface area (Å²) in [5.74, 6) is 0.854. The second-order valence-corrected chi connectivity index (χ2v) is 7.19. The van der Waals surface area contributed by atoms with Crippen LogP contribution in [0.5, 0.6) is 5.75 Å². The van der Waals surface area contributed by atoms with E-state index in [1.807, 2.05) is 43.0 Å². The lowest BCUT2D eigenvalue weighted by Gasteiger charge is -2.34. The molecule has 20 heavy (non-hydrogen) atoms. The second kappa shape index (κ2) is 7.14. The molecule has 0 aliphatic carbocycles.